The first-order valence-electron chi connectivity index (χ1n) is 10.1. The molecule has 0 aliphatic rings. The third kappa shape index (κ3) is 4.82. The average molecular weight is 441 g/mol. The van der Waals surface area contributed by atoms with E-state index in [2.05, 4.69) is 44.3 Å². The summed E-state index contributed by atoms with van der Waals surface area (Å²) in [5.41, 5.74) is 4.85. The van der Waals surface area contributed by atoms with Gasteiger partial charge in [0.25, 0.3) is 5.91 Å². The predicted molar refractivity (Wildman–Crippen MR) is 125 cm³/mol. The van der Waals surface area contributed by atoms with Crippen LogP contribution in [0, 0.1) is 13.8 Å². The Kier molecular flexibility index (Phi) is 7.17. The van der Waals surface area contributed by atoms with Gasteiger partial charge in [0.1, 0.15) is 0 Å². The highest BCUT2D eigenvalue weighted by Crippen LogP contribution is 2.39. The maximum absolute atomic E-state index is 13.0. The fourth-order valence-corrected chi connectivity index (χ4v) is 4.38. The first-order valence-corrected chi connectivity index (χ1v) is 10.9. The maximum Gasteiger partial charge on any atom is 0.257 e. The van der Waals surface area contributed by atoms with Crippen molar-refractivity contribution >= 4 is 22.4 Å². The van der Waals surface area contributed by atoms with E-state index in [1.54, 1.807) is 12.1 Å². The smallest absolute Gasteiger partial charge is 0.257 e. The summed E-state index contributed by atoms with van der Waals surface area (Å²) in [6, 6.07) is 9.59. The van der Waals surface area contributed by atoms with Crippen molar-refractivity contribution in [2.75, 3.05) is 26.6 Å². The predicted octanol–water partition coefficient (Wildman–Crippen LogP) is 5.66. The number of nitrogens with zero attached hydrogens (tertiary/aromatic N) is 1. The van der Waals surface area contributed by atoms with Gasteiger partial charge < -0.3 is 14.2 Å². The van der Waals surface area contributed by atoms with Crippen LogP contribution in [0.3, 0.4) is 0 Å². The molecule has 0 saturated carbocycles. The number of methoxy groups -OCH3 is 3. The van der Waals surface area contributed by atoms with Gasteiger partial charge in [-0.05, 0) is 49.6 Å². The van der Waals surface area contributed by atoms with E-state index in [0.29, 0.717) is 27.9 Å². The third-order valence-electron chi connectivity index (χ3n) is 5.10. The molecule has 1 amide bonds. The highest BCUT2D eigenvalue weighted by molar-refractivity contribution is 7.16. The van der Waals surface area contributed by atoms with Gasteiger partial charge in [-0.3, -0.25) is 10.1 Å². The molecule has 3 aromatic rings. The van der Waals surface area contributed by atoms with Crippen molar-refractivity contribution in [3.63, 3.8) is 0 Å². The molecule has 0 radical (unpaired) electrons. The highest BCUT2D eigenvalue weighted by atomic mass is 32.1. The number of anilines is 1. The average Bonchev–Trinajstić information content (AvgIpc) is 3.16. The zero-order valence-corrected chi connectivity index (χ0v) is 19.6. The van der Waals surface area contributed by atoms with Crippen LogP contribution in [-0.2, 0) is 6.42 Å². The summed E-state index contributed by atoms with van der Waals surface area (Å²) in [7, 11) is 4.57. The number of rotatable bonds is 8. The quantitative estimate of drug-likeness (QED) is 0.490. The Morgan fingerprint density at radius 3 is 2.23 bits per heavy atom. The Morgan fingerprint density at radius 2 is 1.68 bits per heavy atom. The molecule has 7 heteroatoms. The van der Waals surface area contributed by atoms with E-state index in [9.17, 15) is 4.79 Å². The minimum absolute atomic E-state index is 0.289. The fourth-order valence-electron chi connectivity index (χ4n) is 3.30. The second kappa shape index (κ2) is 9.83. The molecule has 2 aromatic carbocycles. The summed E-state index contributed by atoms with van der Waals surface area (Å²) in [6.45, 7) is 6.33. The Hall–Kier alpha value is -3.06. The van der Waals surface area contributed by atoms with E-state index < -0.39 is 0 Å². The Balaban J connectivity index is 1.94. The monoisotopic (exact) mass is 440 g/mol. The number of thiazole rings is 1. The molecule has 1 aromatic heterocycles. The van der Waals surface area contributed by atoms with Crippen LogP contribution in [0.15, 0.2) is 30.3 Å². The molecule has 1 N–H and O–H groups in total. The van der Waals surface area contributed by atoms with Crippen molar-refractivity contribution in [3.05, 3.63) is 51.9 Å². The number of carbonyl (C=O) groups is 1. The van der Waals surface area contributed by atoms with Crippen LogP contribution >= 0.6 is 11.3 Å². The lowest BCUT2D eigenvalue weighted by atomic mass is 10.0. The molecular formula is C24H28N2O4S. The van der Waals surface area contributed by atoms with E-state index in [0.717, 1.165) is 29.0 Å². The van der Waals surface area contributed by atoms with Crippen LogP contribution in [-0.4, -0.2) is 32.2 Å². The SMILES string of the molecule is CCCc1sc(NC(=O)c2cc(OC)c(OC)c(OC)c2)nc1-c1ccc(C)c(C)c1. The number of hydrogen-bond donors (Lipinski definition) is 1. The van der Waals surface area contributed by atoms with Gasteiger partial charge in [0, 0.05) is 16.0 Å². The zero-order valence-electron chi connectivity index (χ0n) is 18.8. The molecule has 164 valence electrons. The van der Waals surface area contributed by atoms with E-state index >= 15 is 0 Å². The topological polar surface area (TPSA) is 69.7 Å². The lowest BCUT2D eigenvalue weighted by Gasteiger charge is -2.13. The minimum Gasteiger partial charge on any atom is -0.493 e. The summed E-state index contributed by atoms with van der Waals surface area (Å²) in [6.07, 6.45) is 1.90. The van der Waals surface area contributed by atoms with Crippen LogP contribution in [0.1, 0.15) is 39.7 Å². The molecule has 3 rings (SSSR count). The number of benzene rings is 2. The summed E-state index contributed by atoms with van der Waals surface area (Å²) in [5.74, 6) is 1.00. The molecule has 0 fully saturated rings. The minimum atomic E-state index is -0.289. The lowest BCUT2D eigenvalue weighted by molar-refractivity contribution is 0.102. The molecule has 6 nitrogen and oxygen atoms in total. The van der Waals surface area contributed by atoms with E-state index in [1.807, 2.05) is 0 Å². The second-order valence-electron chi connectivity index (χ2n) is 7.21. The number of nitrogens with one attached hydrogen (secondary N) is 1. The van der Waals surface area contributed by atoms with Crippen molar-refractivity contribution in [3.8, 4) is 28.5 Å². The normalized spacial score (nSPS) is 10.6. The number of amides is 1. The van der Waals surface area contributed by atoms with Crippen LogP contribution in [0.4, 0.5) is 5.13 Å². The fraction of sp³-hybridized carbons (Fsp3) is 0.333. The number of carbonyl (C=O) groups excluding carboxylic acids is 1. The van der Waals surface area contributed by atoms with Gasteiger partial charge in [-0.2, -0.15) is 0 Å². The van der Waals surface area contributed by atoms with Gasteiger partial charge in [-0.15, -0.1) is 11.3 Å². The van der Waals surface area contributed by atoms with E-state index in [4.69, 9.17) is 19.2 Å². The second-order valence-corrected chi connectivity index (χ2v) is 8.29. The van der Waals surface area contributed by atoms with Crippen molar-refractivity contribution in [2.45, 2.75) is 33.6 Å². The molecule has 0 aliphatic heterocycles. The summed E-state index contributed by atoms with van der Waals surface area (Å²) >= 11 is 1.51. The molecule has 1 heterocycles. The molecule has 31 heavy (non-hydrogen) atoms. The van der Waals surface area contributed by atoms with Crippen LogP contribution < -0.4 is 19.5 Å². The van der Waals surface area contributed by atoms with Crippen LogP contribution in [0.25, 0.3) is 11.3 Å². The molecule has 0 saturated heterocycles. The Morgan fingerprint density at radius 1 is 1.00 bits per heavy atom. The molecule has 0 bridgehead atoms. The number of hydrogen-bond acceptors (Lipinski definition) is 6. The van der Waals surface area contributed by atoms with Crippen LogP contribution in [0.2, 0.25) is 0 Å². The van der Waals surface area contributed by atoms with Gasteiger partial charge in [0.05, 0.1) is 27.0 Å². The van der Waals surface area contributed by atoms with Gasteiger partial charge >= 0.3 is 0 Å². The number of aromatic nitrogens is 1. The summed E-state index contributed by atoms with van der Waals surface area (Å²) in [4.78, 5) is 18.9. The van der Waals surface area contributed by atoms with Crippen molar-refractivity contribution < 1.29 is 19.0 Å². The van der Waals surface area contributed by atoms with Crippen molar-refractivity contribution in [1.82, 2.24) is 4.98 Å². The Bertz CT molecular complexity index is 1070. The molecule has 0 atom stereocenters. The molecular weight excluding hydrogens is 412 g/mol. The third-order valence-corrected chi connectivity index (χ3v) is 6.13. The van der Waals surface area contributed by atoms with Gasteiger partial charge in [0.2, 0.25) is 5.75 Å². The first kappa shape index (κ1) is 22.6. The maximum atomic E-state index is 13.0. The largest absolute Gasteiger partial charge is 0.493 e. The van der Waals surface area contributed by atoms with Crippen molar-refractivity contribution in [1.29, 1.82) is 0 Å². The van der Waals surface area contributed by atoms with Crippen LogP contribution in [0.5, 0.6) is 17.2 Å². The Labute approximate surface area is 187 Å². The summed E-state index contributed by atoms with van der Waals surface area (Å²) < 4.78 is 16.0. The highest BCUT2D eigenvalue weighted by Gasteiger charge is 2.19. The lowest BCUT2D eigenvalue weighted by Crippen LogP contribution is -2.12. The van der Waals surface area contributed by atoms with Crippen molar-refractivity contribution in [2.24, 2.45) is 0 Å². The zero-order chi connectivity index (χ0) is 22.5. The number of ether oxygens (including phenoxy) is 3. The van der Waals surface area contributed by atoms with Gasteiger partial charge in [-0.25, -0.2) is 4.98 Å². The standard InChI is InChI=1S/C24H28N2O4S/c1-7-8-20-21(16-10-9-14(2)15(3)11-16)25-24(31-20)26-23(27)17-12-18(28-4)22(30-6)19(13-17)29-5/h9-13H,7-8H2,1-6H3,(H,25,26,27). The molecule has 0 spiro atoms. The first-order chi connectivity index (χ1) is 14.9. The molecule has 0 aliphatic carbocycles. The molecule has 0 unspecified atom stereocenters. The van der Waals surface area contributed by atoms with Gasteiger partial charge in [0.15, 0.2) is 16.6 Å². The van der Waals surface area contributed by atoms with Gasteiger partial charge in [-0.1, -0.05) is 25.5 Å². The number of aryl methyl sites for hydroxylation is 3. The van der Waals surface area contributed by atoms with E-state index in [1.165, 1.54) is 43.8 Å². The summed E-state index contributed by atoms with van der Waals surface area (Å²) in [5, 5.41) is 3.50. The van der Waals surface area contributed by atoms with E-state index in [-0.39, 0.29) is 5.91 Å².